The van der Waals surface area contributed by atoms with Crippen molar-refractivity contribution in [3.8, 4) is 22.6 Å². The van der Waals surface area contributed by atoms with E-state index in [0.717, 1.165) is 85.1 Å². The summed E-state index contributed by atoms with van der Waals surface area (Å²) >= 11 is 0. The highest BCUT2D eigenvalue weighted by Gasteiger charge is 2.30. The van der Waals surface area contributed by atoms with E-state index in [1.165, 1.54) is 12.1 Å². The van der Waals surface area contributed by atoms with Crippen LogP contribution in [0.5, 0.6) is 11.5 Å². The summed E-state index contributed by atoms with van der Waals surface area (Å²) in [6.07, 6.45) is 4.80. The molecule has 1 atom stereocenters. The maximum atomic E-state index is 12.7. The average molecular weight is 745 g/mol. The molecule has 4 aromatic carbocycles. The molecule has 12 heteroatoms. The maximum Gasteiger partial charge on any atom is 0.412 e. The molecule has 0 bridgehead atoms. The molecule has 7 N–H and O–H groups in total. The number of nitrogens with zero attached hydrogens (tertiary/aromatic N) is 1. The van der Waals surface area contributed by atoms with Gasteiger partial charge in [0.15, 0.2) is 0 Å². The molecule has 0 spiro atoms. The van der Waals surface area contributed by atoms with E-state index < -0.39 is 12.2 Å². The maximum absolute atomic E-state index is 12.7. The van der Waals surface area contributed by atoms with Gasteiger partial charge in [-0.3, -0.25) is 19.1 Å². The highest BCUT2D eigenvalue weighted by molar-refractivity contribution is 5.94. The summed E-state index contributed by atoms with van der Waals surface area (Å²) in [5.41, 5.74) is 11.7. The Hall–Kier alpha value is -5.30. The average Bonchev–Trinajstić information content (AvgIpc) is 3.15. The fourth-order valence-corrected chi connectivity index (χ4v) is 7.11. The molecule has 1 amide bonds. The number of hydrogen-bond acceptors (Lipinski definition) is 7. The summed E-state index contributed by atoms with van der Waals surface area (Å²) < 4.78 is 6.03. The molecule has 6 rings (SSSR count). The number of unbranched alkanes of at least 4 members (excludes halogenated alkanes) is 1. The smallest absolute Gasteiger partial charge is 0.412 e. The van der Waals surface area contributed by atoms with Gasteiger partial charge in [-0.15, -0.1) is 0 Å². The number of amides is 1. The fraction of sp³-hybridized carbons (Fsp3) is 0.333. The van der Waals surface area contributed by atoms with Gasteiger partial charge in [0.2, 0.25) is 5.56 Å². The second-order valence-corrected chi connectivity index (χ2v) is 13.6. The highest BCUT2D eigenvalue weighted by Crippen LogP contribution is 2.36. The minimum atomic E-state index is -0.927. The summed E-state index contributed by atoms with van der Waals surface area (Å²) in [4.78, 5) is 28.6. The monoisotopic (exact) mass is 744 g/mol. The van der Waals surface area contributed by atoms with Crippen LogP contribution in [-0.2, 0) is 12.8 Å². The molecular weight excluding hydrogens is 694 g/mol. The van der Waals surface area contributed by atoms with Gasteiger partial charge >= 0.3 is 6.09 Å². The van der Waals surface area contributed by atoms with E-state index in [2.05, 4.69) is 28.5 Å². The first-order valence-corrected chi connectivity index (χ1v) is 18.2. The number of fused-ring (bicyclic) bond motifs is 1. The molecule has 54 heavy (non-hydrogen) atoms. The third-order valence-electron chi connectivity index (χ3n) is 9.96. The Morgan fingerprint density at radius 1 is 0.889 bits per heavy atom. The number of rotatable bonds is 15. The van der Waals surface area contributed by atoms with Crippen molar-refractivity contribution in [1.82, 2.24) is 10.3 Å². The number of aromatic nitrogens is 1. The Labute approximate surface area is 313 Å². The second-order valence-electron chi connectivity index (χ2n) is 13.6. The van der Waals surface area contributed by atoms with E-state index in [1.54, 1.807) is 17.0 Å². The van der Waals surface area contributed by atoms with Crippen molar-refractivity contribution < 1.29 is 34.3 Å². The lowest BCUT2D eigenvalue weighted by Crippen LogP contribution is -2.44. The molecule has 0 unspecified atom stereocenters. The molecule has 1 aliphatic rings. The second kappa shape index (κ2) is 19.7. The largest absolute Gasteiger partial charge is 0.506 e. The van der Waals surface area contributed by atoms with E-state index in [-0.39, 0.29) is 32.8 Å². The van der Waals surface area contributed by atoms with Gasteiger partial charge in [0.25, 0.3) is 0 Å². The van der Waals surface area contributed by atoms with Gasteiger partial charge in [-0.1, -0.05) is 60.7 Å². The predicted molar refractivity (Wildman–Crippen MR) is 210 cm³/mol. The van der Waals surface area contributed by atoms with Crippen LogP contribution in [0, 0.1) is 0 Å². The zero-order valence-corrected chi connectivity index (χ0v) is 30.2. The normalized spacial score (nSPS) is 15.8. The van der Waals surface area contributed by atoms with Crippen LogP contribution in [0.4, 0.5) is 19.9 Å². The van der Waals surface area contributed by atoms with Gasteiger partial charge in [-0.2, -0.15) is 0 Å². The lowest BCUT2D eigenvalue weighted by Gasteiger charge is -2.35. The Morgan fingerprint density at radius 3 is 2.33 bits per heavy atom. The van der Waals surface area contributed by atoms with Crippen LogP contribution in [0.15, 0.2) is 102 Å². The summed E-state index contributed by atoms with van der Waals surface area (Å²) in [7, 11) is 0. The van der Waals surface area contributed by atoms with Crippen LogP contribution in [0.25, 0.3) is 22.0 Å². The Bertz CT molecular complexity index is 2000. The topological polar surface area (TPSA) is 161 Å². The van der Waals surface area contributed by atoms with Crippen molar-refractivity contribution in [2.75, 3.05) is 24.6 Å². The van der Waals surface area contributed by atoms with Gasteiger partial charge < -0.3 is 36.1 Å². The number of phenols is 1. The molecule has 0 aliphatic heterocycles. The first-order valence-electron chi connectivity index (χ1n) is 18.2. The van der Waals surface area contributed by atoms with E-state index in [9.17, 15) is 24.9 Å². The molecule has 1 heterocycles. The van der Waals surface area contributed by atoms with Crippen LogP contribution in [0.3, 0.4) is 0 Å². The lowest BCUT2D eigenvalue weighted by molar-refractivity contribution is 0.176. The van der Waals surface area contributed by atoms with Gasteiger partial charge in [-0.25, -0.2) is 4.79 Å². The van der Waals surface area contributed by atoms with Gasteiger partial charge in [0.05, 0.1) is 23.9 Å². The minimum absolute atomic E-state index is 0. The summed E-state index contributed by atoms with van der Waals surface area (Å²) in [5.74, 6) is 0.776. The number of aromatic amines is 1. The van der Waals surface area contributed by atoms with Crippen LogP contribution >= 0.6 is 0 Å². The minimum Gasteiger partial charge on any atom is -0.506 e. The first-order chi connectivity index (χ1) is 25.3. The number of nitrogens with two attached hydrogens (primary N) is 1. The Morgan fingerprint density at radius 2 is 1.61 bits per heavy atom. The van der Waals surface area contributed by atoms with Crippen LogP contribution in [0.1, 0.15) is 61.3 Å². The van der Waals surface area contributed by atoms with E-state index in [1.807, 2.05) is 54.6 Å². The fourth-order valence-electron chi connectivity index (χ4n) is 7.11. The lowest BCUT2D eigenvalue weighted by atomic mass is 9.89. The SMILES string of the molecule is F.F.N[C@H]1CC[C@H](N(C(=O)O)c2cc(CCCCOc3ccc(CCNC[C@H](O)c4ccc(O)c5[nH]c(=O)ccc45)cc3)ccc2-c2ccccc2)CC1. The Balaban J connectivity index is 0.00000325. The molecule has 1 fully saturated rings. The number of aromatic hydroxyl groups is 1. The van der Waals surface area contributed by atoms with Crippen LogP contribution in [0.2, 0.25) is 0 Å². The van der Waals surface area contributed by atoms with E-state index in [4.69, 9.17) is 10.5 Å². The van der Waals surface area contributed by atoms with Crippen molar-refractivity contribution in [3.05, 3.63) is 124 Å². The standard InChI is InChI=1S/C42H48N4O6.2FH/c43-31-12-14-32(15-13-31)46(42(50)51)37-26-29(11-18-34(37)30-7-2-1-3-8-30)6-4-5-25-52-33-16-9-28(10-17-33)23-24-44-27-39(48)35-19-21-38(47)41-36(35)20-22-40(49)45-41;;/h1-3,7-11,16-22,26,31-32,39,44,47-48H,4-6,12-15,23-25,27,43H2,(H,45,49)(H,50,51);2*1H/t31-,32-,39-;;/m0../s1. The number of phenolic OH excluding ortho intramolecular Hbond substituents is 1. The van der Waals surface area contributed by atoms with E-state index >= 15 is 0 Å². The molecule has 10 nitrogen and oxygen atoms in total. The highest BCUT2D eigenvalue weighted by atomic mass is 19.0. The summed E-state index contributed by atoms with van der Waals surface area (Å²) in [6.45, 7) is 1.57. The predicted octanol–water partition coefficient (Wildman–Crippen LogP) is 7.23. The van der Waals surface area contributed by atoms with Crippen molar-refractivity contribution >= 4 is 22.7 Å². The first kappa shape index (κ1) is 41.5. The molecule has 288 valence electrons. The Kier molecular flexibility index (Phi) is 15.1. The number of aliphatic hydroxyl groups is 1. The number of carboxylic acid groups (broad SMARTS) is 1. The zero-order chi connectivity index (χ0) is 36.5. The number of anilines is 1. The molecule has 5 aromatic rings. The van der Waals surface area contributed by atoms with Crippen molar-refractivity contribution in [3.63, 3.8) is 0 Å². The van der Waals surface area contributed by atoms with Crippen molar-refractivity contribution in [2.45, 2.75) is 69.6 Å². The number of carbonyl (C=O) groups is 1. The van der Waals surface area contributed by atoms with E-state index in [0.29, 0.717) is 36.2 Å². The number of aliphatic hydroxyl groups excluding tert-OH is 1. The number of H-pyrrole nitrogens is 1. The van der Waals surface area contributed by atoms with Gasteiger partial charge in [0, 0.05) is 35.6 Å². The molecule has 0 saturated heterocycles. The molecule has 0 radical (unpaired) electrons. The summed E-state index contributed by atoms with van der Waals surface area (Å²) in [6, 6.07) is 30.4. The van der Waals surface area contributed by atoms with Crippen molar-refractivity contribution in [1.29, 1.82) is 0 Å². The molecule has 1 saturated carbocycles. The van der Waals surface area contributed by atoms with Crippen LogP contribution < -0.4 is 26.2 Å². The third kappa shape index (κ3) is 10.4. The summed E-state index contributed by atoms with van der Waals surface area (Å²) in [5, 5.41) is 35.2. The zero-order valence-electron chi connectivity index (χ0n) is 30.2. The number of pyridine rings is 1. The van der Waals surface area contributed by atoms with Gasteiger partial charge in [-0.05, 0) is 110 Å². The molecular formula is C42H50F2N4O6. The van der Waals surface area contributed by atoms with Crippen molar-refractivity contribution in [2.24, 2.45) is 5.73 Å². The molecule has 1 aliphatic carbocycles. The number of hydrogen-bond donors (Lipinski definition) is 6. The third-order valence-corrected chi connectivity index (χ3v) is 9.96. The molecule has 1 aromatic heterocycles. The number of halogens is 2. The number of aryl methyl sites for hydroxylation is 1. The number of ether oxygens (including phenoxy) is 1. The number of benzene rings is 4. The van der Waals surface area contributed by atoms with Gasteiger partial charge in [0.1, 0.15) is 11.5 Å². The quantitative estimate of drug-likeness (QED) is 0.0613. The number of nitrogens with one attached hydrogen (secondary N) is 2. The van der Waals surface area contributed by atoms with Crippen LogP contribution in [-0.4, -0.2) is 58.2 Å².